The Morgan fingerprint density at radius 1 is 0.941 bits per heavy atom. The third kappa shape index (κ3) is 4.89. The molecule has 8 heteroatoms. The average molecular weight is 492 g/mol. The van der Waals surface area contributed by atoms with Crippen LogP contribution in [-0.4, -0.2) is 41.1 Å². The van der Waals surface area contributed by atoms with E-state index in [2.05, 4.69) is 4.98 Å². The Hall–Kier alpha value is -3.07. The molecule has 0 radical (unpaired) electrons. The minimum atomic E-state index is -3.90. The number of fused-ring (bicyclic) bond motifs is 1. The average Bonchev–Trinajstić information content (AvgIpc) is 3.56. The van der Waals surface area contributed by atoms with Gasteiger partial charge in [-0.25, -0.2) is 8.42 Å². The maximum absolute atomic E-state index is 13.8. The third-order valence-electron chi connectivity index (χ3n) is 5.92. The second kappa shape index (κ2) is 9.66. The van der Waals surface area contributed by atoms with Crippen LogP contribution in [0.15, 0.2) is 89.3 Å². The molecule has 1 amide bonds. The number of nitrogens with zero attached hydrogens (tertiary/aromatic N) is 3. The number of carbonyl (C=O) groups excluding carboxylic acids is 1. The largest absolute Gasteiger partial charge is 0.332 e. The highest BCUT2D eigenvalue weighted by Gasteiger charge is 2.40. The standard InChI is InChI=1S/C26H25N3O3S2/c30-25(28(18-23-11-6-16-33-23)17-20-7-2-1-3-8-20)19-29(22-13-14-22)34(31,32)24-12-4-9-21-10-5-15-27-26(21)24/h1-12,15-16,22H,13-14,17-19H2. The van der Waals surface area contributed by atoms with Crippen molar-refractivity contribution < 1.29 is 13.2 Å². The molecule has 2 heterocycles. The Labute approximate surface area is 203 Å². The normalized spacial score (nSPS) is 13.9. The number of carbonyl (C=O) groups is 1. The summed E-state index contributed by atoms with van der Waals surface area (Å²) in [6.45, 7) is 0.681. The van der Waals surface area contributed by atoms with E-state index in [0.717, 1.165) is 28.7 Å². The van der Waals surface area contributed by atoms with Crippen LogP contribution in [-0.2, 0) is 27.9 Å². The van der Waals surface area contributed by atoms with Crippen molar-refractivity contribution in [1.29, 1.82) is 0 Å². The molecule has 6 nitrogen and oxygen atoms in total. The molecule has 4 aromatic rings. The highest BCUT2D eigenvalue weighted by Crippen LogP contribution is 2.34. The van der Waals surface area contributed by atoms with Crippen molar-refractivity contribution in [3.05, 3.63) is 94.8 Å². The van der Waals surface area contributed by atoms with Gasteiger partial charge in [-0.15, -0.1) is 11.3 Å². The quantitative estimate of drug-likeness (QED) is 0.341. The number of hydrogen-bond acceptors (Lipinski definition) is 5. The van der Waals surface area contributed by atoms with Gasteiger partial charge in [0.05, 0.1) is 18.6 Å². The molecule has 1 fully saturated rings. The Balaban J connectivity index is 1.44. The van der Waals surface area contributed by atoms with Crippen molar-refractivity contribution in [2.75, 3.05) is 6.54 Å². The minimum Gasteiger partial charge on any atom is -0.332 e. The van der Waals surface area contributed by atoms with Crippen molar-refractivity contribution in [3.63, 3.8) is 0 Å². The third-order valence-corrected chi connectivity index (χ3v) is 8.71. The van der Waals surface area contributed by atoms with Gasteiger partial charge < -0.3 is 4.90 Å². The molecule has 2 aromatic heterocycles. The lowest BCUT2D eigenvalue weighted by Crippen LogP contribution is -2.43. The molecule has 0 saturated heterocycles. The summed E-state index contributed by atoms with van der Waals surface area (Å²) in [4.78, 5) is 20.8. The van der Waals surface area contributed by atoms with Crippen LogP contribution in [0.2, 0.25) is 0 Å². The van der Waals surface area contributed by atoms with E-state index < -0.39 is 10.0 Å². The molecule has 1 saturated carbocycles. The van der Waals surface area contributed by atoms with Crippen LogP contribution >= 0.6 is 11.3 Å². The first-order valence-electron chi connectivity index (χ1n) is 11.2. The van der Waals surface area contributed by atoms with Gasteiger partial charge in [0.1, 0.15) is 4.90 Å². The molecule has 5 rings (SSSR count). The zero-order chi connectivity index (χ0) is 23.5. The van der Waals surface area contributed by atoms with Crippen molar-refractivity contribution in [1.82, 2.24) is 14.2 Å². The van der Waals surface area contributed by atoms with Gasteiger partial charge in [0.15, 0.2) is 0 Å². The first-order valence-corrected chi connectivity index (χ1v) is 13.5. The van der Waals surface area contributed by atoms with Gasteiger partial charge in [0.25, 0.3) is 0 Å². The van der Waals surface area contributed by atoms with Crippen molar-refractivity contribution in [2.45, 2.75) is 36.9 Å². The zero-order valence-corrected chi connectivity index (χ0v) is 20.2. The van der Waals surface area contributed by atoms with E-state index in [-0.39, 0.29) is 23.4 Å². The monoisotopic (exact) mass is 491 g/mol. The Bertz CT molecular complexity index is 1380. The van der Waals surface area contributed by atoms with Crippen LogP contribution in [0.25, 0.3) is 10.9 Å². The van der Waals surface area contributed by atoms with E-state index in [9.17, 15) is 13.2 Å². The topological polar surface area (TPSA) is 70.6 Å². The molecule has 1 aliphatic carbocycles. The maximum Gasteiger partial charge on any atom is 0.245 e. The Morgan fingerprint density at radius 3 is 2.47 bits per heavy atom. The van der Waals surface area contributed by atoms with Crippen LogP contribution in [0, 0.1) is 0 Å². The van der Waals surface area contributed by atoms with Gasteiger partial charge in [0, 0.05) is 29.0 Å². The maximum atomic E-state index is 13.8. The zero-order valence-electron chi connectivity index (χ0n) is 18.6. The number of rotatable bonds is 9. The van der Waals surface area contributed by atoms with Crippen molar-refractivity contribution in [3.8, 4) is 0 Å². The fraction of sp³-hybridized carbons (Fsp3) is 0.231. The van der Waals surface area contributed by atoms with E-state index >= 15 is 0 Å². The molecule has 174 valence electrons. The molecule has 0 bridgehead atoms. The van der Waals surface area contributed by atoms with Crippen LogP contribution in [0.3, 0.4) is 0 Å². The van der Waals surface area contributed by atoms with Gasteiger partial charge in [-0.2, -0.15) is 4.31 Å². The lowest BCUT2D eigenvalue weighted by atomic mass is 10.2. The summed E-state index contributed by atoms with van der Waals surface area (Å²) in [5, 5.41) is 2.74. The lowest BCUT2D eigenvalue weighted by Gasteiger charge is -2.27. The van der Waals surface area contributed by atoms with Crippen molar-refractivity contribution >= 4 is 38.2 Å². The minimum absolute atomic E-state index is 0.151. The lowest BCUT2D eigenvalue weighted by molar-refractivity contribution is -0.132. The predicted octanol–water partition coefficient (Wildman–Crippen LogP) is 4.68. The second-order valence-electron chi connectivity index (χ2n) is 8.43. The smallest absolute Gasteiger partial charge is 0.245 e. The summed E-state index contributed by atoms with van der Waals surface area (Å²) in [5.74, 6) is -0.207. The fourth-order valence-corrected chi connectivity index (χ4v) is 6.56. The summed E-state index contributed by atoms with van der Waals surface area (Å²) < 4.78 is 28.9. The number of hydrogen-bond donors (Lipinski definition) is 0. The molecule has 0 atom stereocenters. The molecular weight excluding hydrogens is 466 g/mol. The first-order chi connectivity index (χ1) is 16.5. The van der Waals surface area contributed by atoms with E-state index in [1.54, 1.807) is 40.6 Å². The molecule has 0 unspecified atom stereocenters. The molecular formula is C26H25N3O3S2. The van der Waals surface area contributed by atoms with Gasteiger partial charge in [-0.3, -0.25) is 9.78 Å². The van der Waals surface area contributed by atoms with Crippen LogP contribution < -0.4 is 0 Å². The summed E-state index contributed by atoms with van der Waals surface area (Å²) >= 11 is 1.59. The second-order valence-corrected chi connectivity index (χ2v) is 11.3. The number of amides is 1. The molecule has 1 aliphatic rings. The van der Waals surface area contributed by atoms with Gasteiger partial charge in [-0.05, 0) is 42.0 Å². The molecule has 0 aliphatic heterocycles. The Morgan fingerprint density at radius 2 is 1.74 bits per heavy atom. The predicted molar refractivity (Wildman–Crippen MR) is 134 cm³/mol. The van der Waals surface area contributed by atoms with Crippen molar-refractivity contribution in [2.24, 2.45) is 0 Å². The summed E-state index contributed by atoms with van der Waals surface area (Å²) in [5.41, 5.74) is 1.44. The van der Waals surface area contributed by atoms with E-state index in [0.29, 0.717) is 18.6 Å². The molecule has 0 N–H and O–H groups in total. The highest BCUT2D eigenvalue weighted by molar-refractivity contribution is 7.89. The summed E-state index contributed by atoms with van der Waals surface area (Å²) in [6.07, 6.45) is 3.11. The first kappa shape index (κ1) is 22.7. The molecule has 0 spiro atoms. The molecule has 34 heavy (non-hydrogen) atoms. The number of thiophene rings is 1. The SMILES string of the molecule is O=C(CN(C1CC1)S(=O)(=O)c1cccc2cccnc12)N(Cc1ccccc1)Cc1cccs1. The van der Waals surface area contributed by atoms with E-state index in [1.807, 2.05) is 60.0 Å². The summed E-state index contributed by atoms with van der Waals surface area (Å²) in [7, 11) is -3.90. The van der Waals surface area contributed by atoms with Crippen LogP contribution in [0.4, 0.5) is 0 Å². The van der Waals surface area contributed by atoms with Crippen LogP contribution in [0.5, 0.6) is 0 Å². The number of benzene rings is 2. The fourth-order valence-electron chi connectivity index (χ4n) is 4.04. The van der Waals surface area contributed by atoms with E-state index in [4.69, 9.17) is 0 Å². The number of para-hydroxylation sites is 1. The highest BCUT2D eigenvalue weighted by atomic mass is 32.2. The van der Waals surface area contributed by atoms with E-state index in [1.165, 1.54) is 4.31 Å². The van der Waals surface area contributed by atoms with Crippen LogP contribution in [0.1, 0.15) is 23.3 Å². The van der Waals surface area contributed by atoms with Gasteiger partial charge in [-0.1, -0.05) is 54.6 Å². The number of sulfonamides is 1. The molecule has 2 aromatic carbocycles. The number of aromatic nitrogens is 1. The van der Waals surface area contributed by atoms with Gasteiger partial charge >= 0.3 is 0 Å². The van der Waals surface area contributed by atoms with Gasteiger partial charge in [0.2, 0.25) is 15.9 Å². The number of pyridine rings is 1. The summed E-state index contributed by atoms with van der Waals surface area (Å²) in [6, 6.07) is 22.3. The Kier molecular flexibility index (Phi) is 6.45.